The summed E-state index contributed by atoms with van der Waals surface area (Å²) in [5.74, 6) is 0. The van der Waals surface area contributed by atoms with Crippen LogP contribution in [0.3, 0.4) is 0 Å². The second kappa shape index (κ2) is 12.8. The second-order valence-electron chi connectivity index (χ2n) is 19.7. The van der Waals surface area contributed by atoms with Crippen LogP contribution in [0.4, 0.5) is 28.4 Å². The van der Waals surface area contributed by atoms with Crippen molar-refractivity contribution in [3.63, 3.8) is 0 Å². The third kappa shape index (κ3) is 5.37. The van der Waals surface area contributed by atoms with Crippen LogP contribution in [-0.2, 0) is 16.2 Å². The van der Waals surface area contributed by atoms with Crippen molar-refractivity contribution < 1.29 is 4.42 Å². The minimum Gasteiger partial charge on any atom is -0.456 e. The number of rotatable bonds is 4. The molecule has 61 heavy (non-hydrogen) atoms. The number of furan rings is 1. The minimum atomic E-state index is -0.185. The van der Waals surface area contributed by atoms with Gasteiger partial charge in [-0.2, -0.15) is 0 Å². The molecule has 8 aromatic carbocycles. The largest absolute Gasteiger partial charge is 0.456 e. The topological polar surface area (TPSA) is 28.4 Å². The van der Waals surface area contributed by atoms with E-state index in [9.17, 15) is 0 Å². The molecule has 4 heteroatoms. The maximum absolute atomic E-state index is 6.96. The molecule has 0 bridgehead atoms. The quantitative estimate of drug-likeness (QED) is 0.180. The molecule has 12 rings (SSSR count). The second-order valence-corrected chi connectivity index (χ2v) is 19.7. The summed E-state index contributed by atoms with van der Waals surface area (Å²) in [6.07, 6.45) is 2.29. The Hall–Kier alpha value is -6.52. The van der Waals surface area contributed by atoms with Gasteiger partial charge in [0.1, 0.15) is 11.2 Å². The van der Waals surface area contributed by atoms with Gasteiger partial charge < -0.3 is 14.6 Å². The lowest BCUT2D eigenvalue weighted by molar-refractivity contribution is 0.332. The Bertz CT molecular complexity index is 3280. The van der Waals surface area contributed by atoms with Gasteiger partial charge in [-0.05, 0) is 121 Å². The van der Waals surface area contributed by atoms with Crippen LogP contribution in [0, 0.1) is 0 Å². The molecule has 0 atom stereocenters. The summed E-state index contributed by atoms with van der Waals surface area (Å²) in [7, 11) is 0.815. The number of hydrogen-bond donors (Lipinski definition) is 1. The molecule has 0 amide bonds. The molecule has 0 fully saturated rings. The maximum Gasteiger partial charge on any atom is 0.198 e. The highest BCUT2D eigenvalue weighted by Gasteiger charge is 2.43. The smallest absolute Gasteiger partial charge is 0.198 e. The molecule has 0 unspecified atom stereocenters. The maximum atomic E-state index is 6.96. The van der Waals surface area contributed by atoms with Gasteiger partial charge in [0, 0.05) is 50.6 Å². The molecule has 1 aromatic heterocycles. The fraction of sp³-hybridized carbons (Fsp3) is 0.193. The molecular weight excluding hydrogens is 739 g/mol. The highest BCUT2D eigenvalue weighted by molar-refractivity contribution is 6.74. The first-order valence-corrected chi connectivity index (χ1v) is 22.0. The Morgan fingerprint density at radius 1 is 0.557 bits per heavy atom. The Kier molecular flexibility index (Phi) is 7.60. The van der Waals surface area contributed by atoms with E-state index in [-0.39, 0.29) is 16.2 Å². The molecule has 0 radical (unpaired) electrons. The van der Waals surface area contributed by atoms with Crippen molar-refractivity contribution in [1.82, 2.24) is 0 Å². The van der Waals surface area contributed by atoms with E-state index >= 15 is 0 Å². The lowest BCUT2D eigenvalue weighted by atomic mass is 9.55. The summed E-state index contributed by atoms with van der Waals surface area (Å²) in [5, 5.41) is 8.89. The van der Waals surface area contributed by atoms with Gasteiger partial charge in [-0.1, -0.05) is 150 Å². The number of para-hydroxylation sites is 2. The predicted octanol–water partition coefficient (Wildman–Crippen LogP) is 14.0. The zero-order chi connectivity index (χ0) is 41.4. The van der Waals surface area contributed by atoms with E-state index in [1.54, 1.807) is 0 Å². The van der Waals surface area contributed by atoms with Gasteiger partial charge in [0.05, 0.1) is 5.69 Å². The monoisotopic (exact) mass is 788 g/mol. The van der Waals surface area contributed by atoms with Crippen molar-refractivity contribution >= 4 is 79.4 Å². The van der Waals surface area contributed by atoms with Gasteiger partial charge >= 0.3 is 0 Å². The number of nitrogens with zero attached hydrogens (tertiary/aromatic N) is 1. The summed E-state index contributed by atoms with van der Waals surface area (Å²) < 4.78 is 6.96. The lowest BCUT2D eigenvalue weighted by Crippen LogP contribution is -2.45. The van der Waals surface area contributed by atoms with E-state index in [1.807, 2.05) is 0 Å². The number of hydrogen-bond acceptors (Lipinski definition) is 3. The van der Waals surface area contributed by atoms with Gasteiger partial charge in [0.25, 0.3) is 0 Å². The van der Waals surface area contributed by atoms with Crippen molar-refractivity contribution in [3.05, 3.63) is 174 Å². The van der Waals surface area contributed by atoms with Gasteiger partial charge in [-0.25, -0.2) is 0 Å². The fourth-order valence-corrected chi connectivity index (χ4v) is 11.2. The molecule has 2 aliphatic heterocycles. The zero-order valence-corrected chi connectivity index (χ0v) is 35.9. The Morgan fingerprint density at radius 2 is 1.23 bits per heavy atom. The van der Waals surface area contributed by atoms with Gasteiger partial charge in [-0.3, -0.25) is 0 Å². The Morgan fingerprint density at radius 3 is 2.00 bits per heavy atom. The van der Waals surface area contributed by atoms with E-state index in [4.69, 9.17) is 4.42 Å². The first-order valence-electron chi connectivity index (χ1n) is 22.0. The molecule has 3 aliphatic rings. The summed E-state index contributed by atoms with van der Waals surface area (Å²) in [6.45, 7) is 14.5. The first-order chi connectivity index (χ1) is 29.5. The van der Waals surface area contributed by atoms with Crippen LogP contribution in [0.5, 0.6) is 0 Å². The van der Waals surface area contributed by atoms with Gasteiger partial charge in [0.15, 0.2) is 7.28 Å². The summed E-state index contributed by atoms with van der Waals surface area (Å²) in [5.41, 5.74) is 20.8. The van der Waals surface area contributed by atoms with E-state index in [0.29, 0.717) is 0 Å². The highest BCUT2D eigenvalue weighted by Crippen LogP contribution is 2.55. The summed E-state index contributed by atoms with van der Waals surface area (Å²) in [4.78, 5) is 2.59. The number of nitrogens with one attached hydrogen (secondary N) is 1. The molecule has 0 spiro atoms. The molecular formula is C57H49BN2O. The van der Waals surface area contributed by atoms with Crippen LogP contribution in [0.15, 0.2) is 156 Å². The molecule has 296 valence electrons. The summed E-state index contributed by atoms with van der Waals surface area (Å²) >= 11 is 0. The van der Waals surface area contributed by atoms with E-state index in [0.717, 1.165) is 48.0 Å². The highest BCUT2D eigenvalue weighted by atomic mass is 16.3. The number of fused-ring (bicyclic) bond motifs is 9. The van der Waals surface area contributed by atoms with Crippen LogP contribution in [0.1, 0.15) is 76.6 Å². The van der Waals surface area contributed by atoms with Crippen LogP contribution in [0.25, 0.3) is 55.0 Å². The Labute approximate surface area is 359 Å². The number of benzene rings is 8. The number of anilines is 5. The van der Waals surface area contributed by atoms with Gasteiger partial charge in [0.2, 0.25) is 0 Å². The van der Waals surface area contributed by atoms with Crippen molar-refractivity contribution in [2.45, 2.75) is 70.6 Å². The minimum absolute atomic E-state index is 0.0157. The van der Waals surface area contributed by atoms with E-state index < -0.39 is 0 Å². The average Bonchev–Trinajstić information content (AvgIpc) is 3.64. The summed E-state index contributed by atoms with van der Waals surface area (Å²) in [6, 6.07) is 56.3. The SMILES string of the molecule is CC1(C)CCC(C)(C)c2cc(-c3c4c(cc5oc6ccccc6c35)N3c5cc6ccccc6cc5C(C)(C)c5cccc(c53)B4)c(Nc3ccc(-c4ccccc4)cc3)cc21. The third-order valence-corrected chi connectivity index (χ3v) is 14.7. The van der Waals surface area contributed by atoms with Crippen molar-refractivity contribution in [2.24, 2.45) is 0 Å². The molecule has 0 saturated heterocycles. The predicted molar refractivity (Wildman–Crippen MR) is 260 cm³/mol. The lowest BCUT2D eigenvalue weighted by Gasteiger charge is -2.46. The third-order valence-electron chi connectivity index (χ3n) is 14.7. The molecule has 9 aromatic rings. The Balaban J connectivity index is 1.17. The average molecular weight is 789 g/mol. The molecule has 3 heterocycles. The van der Waals surface area contributed by atoms with Crippen LogP contribution < -0.4 is 21.1 Å². The van der Waals surface area contributed by atoms with Crippen LogP contribution in [0.2, 0.25) is 0 Å². The molecule has 1 aliphatic carbocycles. The van der Waals surface area contributed by atoms with Gasteiger partial charge in [-0.15, -0.1) is 0 Å². The van der Waals surface area contributed by atoms with E-state index in [2.05, 4.69) is 203 Å². The first kappa shape index (κ1) is 36.3. The van der Waals surface area contributed by atoms with Crippen molar-refractivity contribution in [2.75, 3.05) is 10.2 Å². The standard InChI is InChI=1S/C57H49BN2O/c1-55(2)27-28-56(3,4)43-32-46(59-38-25-23-35(24-26-38)34-15-8-7-9-16-34)40(31-42(43)55)52-51-39-19-12-13-22-49(39)61-50(51)33-48-53(52)58-45-21-14-20-41-54(45)60(48)47-30-37-18-11-10-17-36(37)29-44(47)57(41,5)6/h7-26,29-33,58-59H,27-28H2,1-6H3. The molecule has 0 saturated carbocycles. The fourth-order valence-electron chi connectivity index (χ4n) is 11.2. The van der Waals surface area contributed by atoms with Crippen LogP contribution >= 0.6 is 0 Å². The molecule has 1 N–H and O–H groups in total. The normalized spacial score (nSPS) is 16.4. The van der Waals surface area contributed by atoms with Crippen LogP contribution in [-0.4, -0.2) is 7.28 Å². The molecule has 3 nitrogen and oxygen atoms in total. The van der Waals surface area contributed by atoms with Crippen molar-refractivity contribution in [3.8, 4) is 22.3 Å². The van der Waals surface area contributed by atoms with Crippen molar-refractivity contribution in [1.29, 1.82) is 0 Å². The zero-order valence-electron chi connectivity index (χ0n) is 35.9. The van der Waals surface area contributed by atoms with E-state index in [1.165, 1.54) is 88.7 Å².